The topological polar surface area (TPSA) is 36.7 Å². The molecule has 0 saturated carbocycles. The Bertz CT molecular complexity index is 260. The predicted molar refractivity (Wildman–Crippen MR) is 39.3 cm³/mol. The van der Waals surface area contributed by atoms with Crippen LogP contribution in [-0.2, 0) is 0 Å². The van der Waals surface area contributed by atoms with Crippen molar-refractivity contribution in [3.8, 4) is 6.07 Å². The van der Waals surface area contributed by atoms with Crippen LogP contribution in [0.1, 0.15) is 10.6 Å². The summed E-state index contributed by atoms with van der Waals surface area (Å²) < 4.78 is 0.775. The third-order valence-electron chi connectivity index (χ3n) is 0.876. The van der Waals surface area contributed by atoms with E-state index in [0.717, 1.165) is 8.79 Å². The first-order chi connectivity index (χ1) is 4.24. The van der Waals surface area contributed by atoms with E-state index in [0.29, 0.717) is 5.69 Å². The zero-order valence-corrected chi connectivity index (χ0v) is 7.08. The van der Waals surface area contributed by atoms with E-state index in [2.05, 4.69) is 20.9 Å². The summed E-state index contributed by atoms with van der Waals surface area (Å²) in [7, 11) is 0. The number of hydrogen-bond acceptors (Lipinski definition) is 3. The van der Waals surface area contributed by atoms with Gasteiger partial charge in [-0.2, -0.15) is 5.26 Å². The lowest BCUT2D eigenvalue weighted by atomic mass is 10.4. The molecule has 0 amide bonds. The molecule has 0 radical (unpaired) electrons. The molecule has 2 nitrogen and oxygen atoms in total. The average Bonchev–Trinajstić information content (AvgIpc) is 2.10. The molecule has 0 atom stereocenters. The van der Waals surface area contributed by atoms with E-state index in [1.807, 2.05) is 13.0 Å². The van der Waals surface area contributed by atoms with Crippen molar-refractivity contribution in [2.45, 2.75) is 6.92 Å². The third-order valence-corrected chi connectivity index (χ3v) is 2.30. The lowest BCUT2D eigenvalue weighted by Gasteiger charge is -1.74. The molecule has 1 aromatic rings. The molecule has 0 bridgehead atoms. The summed E-state index contributed by atoms with van der Waals surface area (Å²) in [6.07, 6.45) is 0. The van der Waals surface area contributed by atoms with Gasteiger partial charge < -0.3 is 0 Å². The largest absolute Gasteiger partial charge is 0.218 e. The standard InChI is InChI=1S/C5H3BrN2S/c1-3-4(2-7)8-5(6)9-3/h1H3. The molecule has 0 aliphatic heterocycles. The number of halogens is 1. The first kappa shape index (κ1) is 6.72. The van der Waals surface area contributed by atoms with Crippen LogP contribution in [0.3, 0.4) is 0 Å². The van der Waals surface area contributed by atoms with Crippen LogP contribution in [0.25, 0.3) is 0 Å². The molecule has 1 rings (SSSR count). The van der Waals surface area contributed by atoms with Gasteiger partial charge in [-0.05, 0) is 22.9 Å². The van der Waals surface area contributed by atoms with Crippen molar-refractivity contribution >= 4 is 27.3 Å². The van der Waals surface area contributed by atoms with Gasteiger partial charge in [0, 0.05) is 4.88 Å². The second-order valence-corrected chi connectivity index (χ2v) is 3.96. The van der Waals surface area contributed by atoms with E-state index in [4.69, 9.17) is 5.26 Å². The van der Waals surface area contributed by atoms with E-state index in [1.165, 1.54) is 11.3 Å². The molecule has 4 heteroatoms. The fraction of sp³-hybridized carbons (Fsp3) is 0.200. The summed E-state index contributed by atoms with van der Waals surface area (Å²) >= 11 is 4.66. The summed E-state index contributed by atoms with van der Waals surface area (Å²) in [5.74, 6) is 0. The fourth-order valence-corrected chi connectivity index (χ4v) is 1.95. The van der Waals surface area contributed by atoms with Crippen molar-refractivity contribution in [3.05, 3.63) is 14.5 Å². The van der Waals surface area contributed by atoms with Crippen molar-refractivity contribution in [3.63, 3.8) is 0 Å². The van der Waals surface area contributed by atoms with Gasteiger partial charge in [0.15, 0.2) is 9.61 Å². The Morgan fingerprint density at radius 3 is 2.67 bits per heavy atom. The fourth-order valence-electron chi connectivity index (χ4n) is 0.468. The number of hydrogen-bond donors (Lipinski definition) is 0. The molecule has 0 aliphatic rings. The first-order valence-electron chi connectivity index (χ1n) is 2.27. The maximum absolute atomic E-state index is 8.41. The van der Waals surface area contributed by atoms with Gasteiger partial charge in [-0.15, -0.1) is 11.3 Å². The van der Waals surface area contributed by atoms with Crippen LogP contribution >= 0.6 is 27.3 Å². The number of aryl methyl sites for hydroxylation is 1. The average molecular weight is 203 g/mol. The van der Waals surface area contributed by atoms with Crippen molar-refractivity contribution in [2.24, 2.45) is 0 Å². The summed E-state index contributed by atoms with van der Waals surface area (Å²) in [4.78, 5) is 4.87. The summed E-state index contributed by atoms with van der Waals surface area (Å²) in [6.45, 7) is 1.88. The molecule has 0 saturated heterocycles. The predicted octanol–water partition coefficient (Wildman–Crippen LogP) is 2.09. The minimum absolute atomic E-state index is 0.520. The zero-order valence-electron chi connectivity index (χ0n) is 4.68. The first-order valence-corrected chi connectivity index (χ1v) is 3.88. The number of aromatic nitrogens is 1. The molecule has 1 aromatic heterocycles. The van der Waals surface area contributed by atoms with Crippen LogP contribution in [0.4, 0.5) is 0 Å². The molecule has 1 heterocycles. The van der Waals surface area contributed by atoms with Gasteiger partial charge in [0.1, 0.15) is 6.07 Å². The molecule has 46 valence electrons. The highest BCUT2D eigenvalue weighted by molar-refractivity contribution is 9.11. The Morgan fingerprint density at radius 2 is 2.44 bits per heavy atom. The highest BCUT2D eigenvalue weighted by atomic mass is 79.9. The molecule has 0 spiro atoms. The van der Waals surface area contributed by atoms with E-state index >= 15 is 0 Å². The highest BCUT2D eigenvalue weighted by Gasteiger charge is 2.02. The van der Waals surface area contributed by atoms with Crippen molar-refractivity contribution in [1.29, 1.82) is 5.26 Å². The highest BCUT2D eigenvalue weighted by Crippen LogP contribution is 2.20. The Hall–Kier alpha value is -0.400. The number of rotatable bonds is 0. The van der Waals surface area contributed by atoms with Gasteiger partial charge in [-0.25, -0.2) is 4.98 Å². The van der Waals surface area contributed by atoms with E-state index in [1.54, 1.807) is 0 Å². The maximum atomic E-state index is 8.41. The number of nitrogens with zero attached hydrogens (tertiary/aromatic N) is 2. The van der Waals surface area contributed by atoms with Crippen LogP contribution in [0, 0.1) is 18.3 Å². The molecular weight excluding hydrogens is 200 g/mol. The molecular formula is C5H3BrN2S. The second-order valence-electron chi connectivity index (χ2n) is 1.48. The monoisotopic (exact) mass is 202 g/mol. The second kappa shape index (κ2) is 2.46. The summed E-state index contributed by atoms with van der Waals surface area (Å²) in [6, 6.07) is 1.99. The number of nitriles is 1. The van der Waals surface area contributed by atoms with E-state index in [9.17, 15) is 0 Å². The van der Waals surface area contributed by atoms with Crippen molar-refractivity contribution in [2.75, 3.05) is 0 Å². The number of thiazole rings is 1. The lowest BCUT2D eigenvalue weighted by molar-refractivity contribution is 1.28. The molecule has 0 unspecified atom stereocenters. The van der Waals surface area contributed by atoms with Gasteiger partial charge in [0.2, 0.25) is 0 Å². The van der Waals surface area contributed by atoms with Gasteiger partial charge in [0.05, 0.1) is 0 Å². The third kappa shape index (κ3) is 1.29. The summed E-state index contributed by atoms with van der Waals surface area (Å²) in [5, 5.41) is 8.41. The Balaban J connectivity index is 3.20. The van der Waals surface area contributed by atoms with Crippen LogP contribution in [-0.4, -0.2) is 4.98 Å². The molecule has 9 heavy (non-hydrogen) atoms. The maximum Gasteiger partial charge on any atom is 0.160 e. The van der Waals surface area contributed by atoms with Crippen molar-refractivity contribution in [1.82, 2.24) is 4.98 Å². The Morgan fingerprint density at radius 1 is 1.78 bits per heavy atom. The normalized spacial score (nSPS) is 9.00. The Kier molecular flexibility index (Phi) is 1.84. The van der Waals surface area contributed by atoms with Gasteiger partial charge >= 0.3 is 0 Å². The van der Waals surface area contributed by atoms with Gasteiger partial charge in [-0.3, -0.25) is 0 Å². The molecule has 0 fully saturated rings. The van der Waals surface area contributed by atoms with Crippen molar-refractivity contribution < 1.29 is 0 Å². The van der Waals surface area contributed by atoms with Crippen LogP contribution in [0.5, 0.6) is 0 Å². The SMILES string of the molecule is Cc1sc(Br)nc1C#N. The van der Waals surface area contributed by atoms with Gasteiger partial charge in [0.25, 0.3) is 0 Å². The van der Waals surface area contributed by atoms with Gasteiger partial charge in [-0.1, -0.05) is 0 Å². The van der Waals surface area contributed by atoms with Crippen LogP contribution in [0.2, 0.25) is 0 Å². The molecule has 0 aliphatic carbocycles. The zero-order chi connectivity index (χ0) is 6.85. The smallest absolute Gasteiger partial charge is 0.160 e. The quantitative estimate of drug-likeness (QED) is 0.647. The minimum atomic E-state index is 0.520. The van der Waals surface area contributed by atoms with E-state index in [-0.39, 0.29) is 0 Å². The Labute approximate surface area is 65.3 Å². The minimum Gasteiger partial charge on any atom is -0.218 e. The van der Waals surface area contributed by atoms with Crippen LogP contribution in [0.15, 0.2) is 3.92 Å². The molecule has 0 aromatic carbocycles. The van der Waals surface area contributed by atoms with E-state index < -0.39 is 0 Å². The lowest BCUT2D eigenvalue weighted by Crippen LogP contribution is -1.73. The summed E-state index contributed by atoms with van der Waals surface area (Å²) in [5.41, 5.74) is 0.520. The van der Waals surface area contributed by atoms with Crippen LogP contribution < -0.4 is 0 Å². The molecule has 0 N–H and O–H groups in total.